The van der Waals surface area contributed by atoms with Crippen LogP contribution in [0.25, 0.3) is 0 Å². The zero-order chi connectivity index (χ0) is 11.9. The van der Waals surface area contributed by atoms with Crippen LogP contribution in [0.2, 0.25) is 0 Å². The van der Waals surface area contributed by atoms with E-state index in [4.69, 9.17) is 0 Å². The minimum atomic E-state index is -3.06. The van der Waals surface area contributed by atoms with E-state index in [-0.39, 0.29) is 5.92 Å². The zero-order valence-corrected chi connectivity index (χ0v) is 9.99. The number of alkyl halides is 3. The summed E-state index contributed by atoms with van der Waals surface area (Å²) in [5.74, 6) is -3.29. The highest BCUT2D eigenvalue weighted by Crippen LogP contribution is 2.61. The van der Waals surface area contributed by atoms with Gasteiger partial charge in [-0.15, -0.1) is 0 Å². The molecule has 2 rings (SSSR count). The Morgan fingerprint density at radius 2 is 1.40 bits per heavy atom. The van der Waals surface area contributed by atoms with Gasteiger partial charge in [-0.05, 0) is 38.0 Å². The summed E-state index contributed by atoms with van der Waals surface area (Å²) in [6, 6.07) is 0. The van der Waals surface area contributed by atoms with Crippen molar-refractivity contribution >= 4 is 0 Å². The Kier molecular flexibility index (Phi) is 3.42. The Balaban J connectivity index is 0.000000245. The molecule has 2 aliphatic rings. The van der Waals surface area contributed by atoms with Gasteiger partial charge in [-0.25, -0.2) is 13.2 Å². The molecule has 0 aromatic carbocycles. The number of hydrogen-bond acceptors (Lipinski definition) is 0. The molecule has 3 atom stereocenters. The van der Waals surface area contributed by atoms with Gasteiger partial charge in [0, 0.05) is 5.92 Å². The predicted octanol–water partition coefficient (Wildman–Crippen LogP) is 4.44. The summed E-state index contributed by atoms with van der Waals surface area (Å²) in [5, 5.41) is 0. The molecule has 15 heavy (non-hydrogen) atoms. The summed E-state index contributed by atoms with van der Waals surface area (Å²) < 4.78 is 39.4. The first kappa shape index (κ1) is 12.9. The van der Waals surface area contributed by atoms with E-state index in [1.165, 1.54) is 0 Å². The van der Waals surface area contributed by atoms with Gasteiger partial charge in [0.1, 0.15) is 0 Å². The second-order valence-corrected chi connectivity index (χ2v) is 5.64. The maximum absolute atomic E-state index is 13.3. The lowest BCUT2D eigenvalue weighted by Gasteiger charge is -2.33. The van der Waals surface area contributed by atoms with Gasteiger partial charge in [0.25, 0.3) is 5.92 Å². The van der Waals surface area contributed by atoms with Crippen LogP contribution < -0.4 is 0 Å². The molecule has 0 nitrogen and oxygen atoms in total. The molecule has 0 saturated heterocycles. The van der Waals surface area contributed by atoms with Gasteiger partial charge in [0.05, 0.1) is 0 Å². The summed E-state index contributed by atoms with van der Waals surface area (Å²) in [6.45, 7) is 7.55. The van der Waals surface area contributed by atoms with Gasteiger partial charge >= 0.3 is 0 Å². The van der Waals surface area contributed by atoms with Crippen LogP contribution >= 0.6 is 0 Å². The SMILES string of the molecule is CC(C)C.CC1(F)C2CCC(C2)C1(F)F. The molecule has 3 heteroatoms. The van der Waals surface area contributed by atoms with E-state index in [1.54, 1.807) is 0 Å². The van der Waals surface area contributed by atoms with E-state index in [2.05, 4.69) is 20.8 Å². The van der Waals surface area contributed by atoms with Crippen LogP contribution in [0.3, 0.4) is 0 Å². The normalized spacial score (nSPS) is 41.6. The molecule has 0 N–H and O–H groups in total. The van der Waals surface area contributed by atoms with E-state index >= 15 is 0 Å². The Labute approximate surface area is 90.2 Å². The first-order valence-corrected chi connectivity index (χ1v) is 5.76. The van der Waals surface area contributed by atoms with Crippen LogP contribution in [0.15, 0.2) is 0 Å². The highest BCUT2D eigenvalue weighted by atomic mass is 19.3. The van der Waals surface area contributed by atoms with Crippen molar-refractivity contribution in [3.05, 3.63) is 0 Å². The molecule has 2 aliphatic carbocycles. The fourth-order valence-corrected chi connectivity index (χ4v) is 2.47. The van der Waals surface area contributed by atoms with Crippen molar-refractivity contribution in [2.45, 2.75) is 58.5 Å². The van der Waals surface area contributed by atoms with Crippen LogP contribution in [-0.2, 0) is 0 Å². The van der Waals surface area contributed by atoms with Crippen molar-refractivity contribution in [2.24, 2.45) is 17.8 Å². The first-order chi connectivity index (χ1) is 6.69. The molecule has 0 aliphatic heterocycles. The van der Waals surface area contributed by atoms with Crippen LogP contribution in [0.1, 0.15) is 47.0 Å². The van der Waals surface area contributed by atoms with Crippen LogP contribution in [0, 0.1) is 17.8 Å². The fraction of sp³-hybridized carbons (Fsp3) is 1.00. The average Bonchev–Trinajstić information content (AvgIpc) is 2.54. The molecular weight excluding hydrogens is 201 g/mol. The van der Waals surface area contributed by atoms with Crippen molar-refractivity contribution in [2.75, 3.05) is 0 Å². The summed E-state index contributed by atoms with van der Waals surface area (Å²) in [6.07, 6.45) is 1.55. The molecule has 0 amide bonds. The van der Waals surface area contributed by atoms with Crippen molar-refractivity contribution in [1.82, 2.24) is 0 Å². The quantitative estimate of drug-likeness (QED) is 0.568. The third-order valence-corrected chi connectivity index (χ3v) is 3.36. The smallest absolute Gasteiger partial charge is 0.237 e. The predicted molar refractivity (Wildman–Crippen MR) is 55.8 cm³/mol. The van der Waals surface area contributed by atoms with Crippen LogP contribution in [-0.4, -0.2) is 11.6 Å². The standard InChI is InChI=1S/C8H11F3.C4H10/c1-7(9)5-2-3-6(4-5)8(7,10)11;1-4(2)3/h5-6H,2-4H2,1H3;4H,1-3H3. The van der Waals surface area contributed by atoms with Crippen LogP contribution in [0.4, 0.5) is 13.2 Å². The van der Waals surface area contributed by atoms with E-state index in [0.29, 0.717) is 19.3 Å². The van der Waals surface area contributed by atoms with Gasteiger partial charge in [-0.3, -0.25) is 0 Å². The minimum absolute atomic E-state index is 0.387. The maximum atomic E-state index is 13.3. The Morgan fingerprint density at radius 3 is 1.60 bits per heavy atom. The van der Waals surface area contributed by atoms with Crippen molar-refractivity contribution in [3.63, 3.8) is 0 Å². The van der Waals surface area contributed by atoms with Gasteiger partial charge in [0.2, 0.25) is 0 Å². The molecule has 0 aromatic heterocycles. The topological polar surface area (TPSA) is 0 Å². The molecule has 3 unspecified atom stereocenters. The molecule has 90 valence electrons. The lowest BCUT2D eigenvalue weighted by molar-refractivity contribution is -0.161. The van der Waals surface area contributed by atoms with Crippen molar-refractivity contribution in [3.8, 4) is 0 Å². The van der Waals surface area contributed by atoms with E-state index < -0.39 is 17.5 Å². The summed E-state index contributed by atoms with van der Waals surface area (Å²) in [4.78, 5) is 0. The second-order valence-electron chi connectivity index (χ2n) is 5.64. The summed E-state index contributed by atoms with van der Waals surface area (Å²) in [5.41, 5.74) is -2.23. The number of fused-ring (bicyclic) bond motifs is 2. The molecular formula is C12H21F3. The number of rotatable bonds is 0. The van der Waals surface area contributed by atoms with Gasteiger partial charge in [0.15, 0.2) is 5.67 Å². The highest BCUT2D eigenvalue weighted by molar-refractivity contribution is 5.10. The maximum Gasteiger partial charge on any atom is 0.284 e. The van der Waals surface area contributed by atoms with Gasteiger partial charge in [-0.1, -0.05) is 20.8 Å². The third-order valence-electron chi connectivity index (χ3n) is 3.36. The Hall–Kier alpha value is -0.210. The molecule has 2 fully saturated rings. The van der Waals surface area contributed by atoms with Crippen molar-refractivity contribution < 1.29 is 13.2 Å². The Morgan fingerprint density at radius 1 is 1.00 bits per heavy atom. The third kappa shape index (κ3) is 2.16. The molecule has 0 spiro atoms. The summed E-state index contributed by atoms with van der Waals surface area (Å²) >= 11 is 0. The zero-order valence-electron chi connectivity index (χ0n) is 9.99. The largest absolute Gasteiger partial charge is 0.284 e. The van der Waals surface area contributed by atoms with Crippen molar-refractivity contribution in [1.29, 1.82) is 0 Å². The minimum Gasteiger partial charge on any atom is -0.237 e. The van der Waals surface area contributed by atoms with Gasteiger partial charge in [-0.2, -0.15) is 0 Å². The number of hydrogen-bond donors (Lipinski definition) is 0. The van der Waals surface area contributed by atoms with E-state index in [9.17, 15) is 13.2 Å². The molecule has 2 bridgehead atoms. The molecule has 0 heterocycles. The van der Waals surface area contributed by atoms with E-state index in [0.717, 1.165) is 12.8 Å². The van der Waals surface area contributed by atoms with Crippen LogP contribution in [0.5, 0.6) is 0 Å². The monoisotopic (exact) mass is 222 g/mol. The first-order valence-electron chi connectivity index (χ1n) is 5.76. The molecule has 2 saturated carbocycles. The average molecular weight is 222 g/mol. The fourth-order valence-electron chi connectivity index (χ4n) is 2.47. The summed E-state index contributed by atoms with van der Waals surface area (Å²) in [7, 11) is 0. The highest BCUT2D eigenvalue weighted by Gasteiger charge is 2.68. The molecule has 0 aromatic rings. The second kappa shape index (κ2) is 3.99. The van der Waals surface area contributed by atoms with E-state index in [1.807, 2.05) is 0 Å². The van der Waals surface area contributed by atoms with Gasteiger partial charge < -0.3 is 0 Å². The molecule has 0 radical (unpaired) electrons. The lowest BCUT2D eigenvalue weighted by Crippen LogP contribution is -2.46. The number of halogens is 3. The Bertz CT molecular complexity index is 198. The lowest BCUT2D eigenvalue weighted by atomic mass is 9.84.